The van der Waals surface area contributed by atoms with Crippen molar-refractivity contribution in [2.24, 2.45) is 0 Å². The molecule has 0 heterocycles. The fraction of sp³-hybridized carbons (Fsp3) is 0.562. The van der Waals surface area contributed by atoms with E-state index in [2.05, 4.69) is 27.7 Å². The average Bonchev–Trinajstić information content (AvgIpc) is 2.38. The molecule has 0 saturated heterocycles. The van der Waals surface area contributed by atoms with E-state index in [1.807, 2.05) is 39.2 Å². The van der Waals surface area contributed by atoms with Gasteiger partial charge in [-0.25, -0.2) is 4.79 Å². The van der Waals surface area contributed by atoms with Gasteiger partial charge in [-0.05, 0) is 33.0 Å². The smallest absolute Gasteiger partial charge is 0.315 e. The Kier molecular flexibility index (Phi) is 7.79. The van der Waals surface area contributed by atoms with Gasteiger partial charge in [0.1, 0.15) is 0 Å². The van der Waals surface area contributed by atoms with E-state index in [-0.39, 0.29) is 18.1 Å². The van der Waals surface area contributed by atoms with Crippen LogP contribution in [-0.2, 0) is 11.2 Å². The summed E-state index contributed by atoms with van der Waals surface area (Å²) in [6.45, 7) is 3.21. The SMILES string of the molecule is COCC(C)NC(=O)NC(Cc1ccccc1)CN(C)C. The van der Waals surface area contributed by atoms with E-state index in [4.69, 9.17) is 4.74 Å². The fourth-order valence-electron chi connectivity index (χ4n) is 2.24. The van der Waals surface area contributed by atoms with Gasteiger partial charge in [0.15, 0.2) is 0 Å². The Hall–Kier alpha value is -1.59. The van der Waals surface area contributed by atoms with Gasteiger partial charge in [0.2, 0.25) is 0 Å². The standard InChI is InChI=1S/C16H27N3O2/c1-13(12-21-4)17-16(20)18-15(11-19(2)3)10-14-8-6-5-7-9-14/h5-9,13,15H,10-12H2,1-4H3,(H2,17,18,20). The van der Waals surface area contributed by atoms with Crippen molar-refractivity contribution in [1.82, 2.24) is 15.5 Å². The van der Waals surface area contributed by atoms with Crippen molar-refractivity contribution in [3.8, 4) is 0 Å². The molecule has 2 amide bonds. The van der Waals surface area contributed by atoms with Gasteiger partial charge < -0.3 is 20.3 Å². The van der Waals surface area contributed by atoms with Gasteiger partial charge in [-0.3, -0.25) is 0 Å². The first kappa shape index (κ1) is 17.5. The third kappa shape index (κ3) is 7.68. The number of amides is 2. The maximum absolute atomic E-state index is 12.0. The molecule has 0 aliphatic carbocycles. The summed E-state index contributed by atoms with van der Waals surface area (Å²) in [6, 6.07) is 10.1. The minimum Gasteiger partial charge on any atom is -0.383 e. The van der Waals surface area contributed by atoms with Crippen LogP contribution in [0.15, 0.2) is 30.3 Å². The summed E-state index contributed by atoms with van der Waals surface area (Å²) in [5.74, 6) is 0. The van der Waals surface area contributed by atoms with Crippen LogP contribution in [0.25, 0.3) is 0 Å². The Labute approximate surface area is 127 Å². The van der Waals surface area contributed by atoms with Crippen LogP contribution in [0.3, 0.4) is 0 Å². The molecule has 2 unspecified atom stereocenters. The fourth-order valence-corrected chi connectivity index (χ4v) is 2.24. The zero-order valence-electron chi connectivity index (χ0n) is 13.4. The number of carbonyl (C=O) groups is 1. The van der Waals surface area contributed by atoms with Crippen LogP contribution in [0.5, 0.6) is 0 Å². The van der Waals surface area contributed by atoms with Gasteiger partial charge in [-0.1, -0.05) is 30.3 Å². The summed E-state index contributed by atoms with van der Waals surface area (Å²) in [7, 11) is 5.64. The van der Waals surface area contributed by atoms with E-state index < -0.39 is 0 Å². The van der Waals surface area contributed by atoms with E-state index >= 15 is 0 Å². The predicted octanol–water partition coefficient (Wildman–Crippen LogP) is 1.49. The topological polar surface area (TPSA) is 53.6 Å². The number of ether oxygens (including phenoxy) is 1. The highest BCUT2D eigenvalue weighted by Crippen LogP contribution is 2.04. The Morgan fingerprint density at radius 1 is 1.24 bits per heavy atom. The number of nitrogens with zero attached hydrogens (tertiary/aromatic N) is 1. The quantitative estimate of drug-likeness (QED) is 0.763. The maximum Gasteiger partial charge on any atom is 0.315 e. The summed E-state index contributed by atoms with van der Waals surface area (Å²) in [6.07, 6.45) is 0.811. The highest BCUT2D eigenvalue weighted by atomic mass is 16.5. The van der Waals surface area contributed by atoms with E-state index in [9.17, 15) is 4.79 Å². The van der Waals surface area contributed by atoms with Gasteiger partial charge in [0.05, 0.1) is 12.6 Å². The molecule has 0 aliphatic rings. The van der Waals surface area contributed by atoms with E-state index in [0.717, 1.165) is 13.0 Å². The summed E-state index contributed by atoms with van der Waals surface area (Å²) < 4.78 is 5.02. The largest absolute Gasteiger partial charge is 0.383 e. The second kappa shape index (κ2) is 9.37. The molecule has 0 aliphatic heterocycles. The maximum atomic E-state index is 12.0. The van der Waals surface area contributed by atoms with Crippen LogP contribution in [0.4, 0.5) is 4.79 Å². The number of rotatable bonds is 8. The number of carbonyl (C=O) groups excluding carboxylic acids is 1. The molecule has 0 radical (unpaired) electrons. The first-order valence-corrected chi connectivity index (χ1v) is 7.26. The molecule has 2 N–H and O–H groups in total. The van der Waals surface area contributed by atoms with Gasteiger partial charge in [0.25, 0.3) is 0 Å². The number of benzene rings is 1. The number of likely N-dealkylation sites (N-methyl/N-ethyl adjacent to an activating group) is 1. The molecular formula is C16H27N3O2. The van der Waals surface area contributed by atoms with Crippen molar-refractivity contribution in [3.05, 3.63) is 35.9 Å². The van der Waals surface area contributed by atoms with Crippen LogP contribution < -0.4 is 10.6 Å². The lowest BCUT2D eigenvalue weighted by molar-refractivity contribution is 0.169. The highest BCUT2D eigenvalue weighted by Gasteiger charge is 2.15. The Balaban J connectivity index is 2.55. The summed E-state index contributed by atoms with van der Waals surface area (Å²) in [4.78, 5) is 14.1. The molecule has 21 heavy (non-hydrogen) atoms. The zero-order valence-corrected chi connectivity index (χ0v) is 13.4. The van der Waals surface area contributed by atoms with Crippen molar-refractivity contribution < 1.29 is 9.53 Å². The molecule has 0 bridgehead atoms. The van der Waals surface area contributed by atoms with Crippen molar-refractivity contribution in [3.63, 3.8) is 0 Å². The Morgan fingerprint density at radius 3 is 2.48 bits per heavy atom. The lowest BCUT2D eigenvalue weighted by atomic mass is 10.1. The lowest BCUT2D eigenvalue weighted by Crippen LogP contribution is -2.50. The molecule has 1 rings (SSSR count). The number of nitrogens with one attached hydrogen (secondary N) is 2. The molecule has 0 saturated carbocycles. The number of hydrogen-bond acceptors (Lipinski definition) is 3. The lowest BCUT2D eigenvalue weighted by Gasteiger charge is -2.24. The van der Waals surface area contributed by atoms with Crippen molar-refractivity contribution in [2.75, 3.05) is 34.4 Å². The van der Waals surface area contributed by atoms with E-state index in [1.54, 1.807) is 7.11 Å². The molecule has 5 nitrogen and oxygen atoms in total. The molecule has 0 fully saturated rings. The van der Waals surface area contributed by atoms with Crippen LogP contribution in [0.2, 0.25) is 0 Å². The number of methoxy groups -OCH3 is 1. The molecule has 0 spiro atoms. The van der Waals surface area contributed by atoms with Gasteiger partial charge >= 0.3 is 6.03 Å². The van der Waals surface area contributed by atoms with Crippen LogP contribution in [0, 0.1) is 0 Å². The first-order chi connectivity index (χ1) is 10.0. The second-order valence-electron chi connectivity index (χ2n) is 5.62. The predicted molar refractivity (Wildman–Crippen MR) is 85.5 cm³/mol. The molecule has 0 aromatic heterocycles. The third-order valence-corrected chi connectivity index (χ3v) is 3.04. The number of urea groups is 1. The van der Waals surface area contributed by atoms with Crippen LogP contribution in [-0.4, -0.2) is 57.4 Å². The summed E-state index contributed by atoms with van der Waals surface area (Å²) in [5.41, 5.74) is 1.22. The summed E-state index contributed by atoms with van der Waals surface area (Å²) in [5, 5.41) is 5.92. The molecule has 1 aromatic rings. The Morgan fingerprint density at radius 2 is 1.90 bits per heavy atom. The molecule has 118 valence electrons. The molecule has 1 aromatic carbocycles. The summed E-state index contributed by atoms with van der Waals surface area (Å²) >= 11 is 0. The first-order valence-electron chi connectivity index (χ1n) is 7.26. The van der Waals surface area contributed by atoms with Crippen molar-refractivity contribution >= 4 is 6.03 Å². The zero-order chi connectivity index (χ0) is 15.7. The van der Waals surface area contributed by atoms with E-state index in [0.29, 0.717) is 6.61 Å². The highest BCUT2D eigenvalue weighted by molar-refractivity contribution is 5.74. The normalized spacial score (nSPS) is 13.8. The number of hydrogen-bond donors (Lipinski definition) is 2. The minimum atomic E-state index is -0.151. The average molecular weight is 293 g/mol. The van der Waals surface area contributed by atoms with Crippen LogP contribution >= 0.6 is 0 Å². The third-order valence-electron chi connectivity index (χ3n) is 3.04. The van der Waals surface area contributed by atoms with Crippen molar-refractivity contribution in [2.45, 2.75) is 25.4 Å². The van der Waals surface area contributed by atoms with Crippen LogP contribution in [0.1, 0.15) is 12.5 Å². The molecular weight excluding hydrogens is 266 g/mol. The Bertz CT molecular complexity index is 409. The van der Waals surface area contributed by atoms with Gasteiger partial charge in [-0.2, -0.15) is 0 Å². The van der Waals surface area contributed by atoms with Gasteiger partial charge in [-0.15, -0.1) is 0 Å². The van der Waals surface area contributed by atoms with Gasteiger partial charge in [0, 0.05) is 19.7 Å². The second-order valence-corrected chi connectivity index (χ2v) is 5.62. The molecule has 2 atom stereocenters. The van der Waals surface area contributed by atoms with Crippen molar-refractivity contribution in [1.29, 1.82) is 0 Å². The minimum absolute atomic E-state index is 0.00766. The molecule has 5 heteroatoms. The van der Waals surface area contributed by atoms with E-state index in [1.165, 1.54) is 5.56 Å². The monoisotopic (exact) mass is 293 g/mol.